The number of hydrogen-bond donors (Lipinski definition) is 2. The van der Waals surface area contributed by atoms with Crippen molar-refractivity contribution in [1.82, 2.24) is 14.9 Å². The second-order valence-corrected chi connectivity index (χ2v) is 8.18. The minimum Gasteiger partial charge on any atom is -0.481 e. The molecule has 2 aliphatic rings. The van der Waals surface area contributed by atoms with Crippen LogP contribution in [-0.2, 0) is 16.0 Å². The highest BCUT2D eigenvalue weighted by Crippen LogP contribution is 2.35. The second-order valence-electron chi connectivity index (χ2n) is 7.83. The van der Waals surface area contributed by atoms with Gasteiger partial charge in [-0.15, -0.1) is 0 Å². The number of nitrogens with zero attached hydrogens (tertiary/aromatic N) is 4. The normalized spacial score (nSPS) is 16.3. The zero-order chi connectivity index (χ0) is 23.4. The lowest BCUT2D eigenvalue weighted by Gasteiger charge is -2.31. The van der Waals surface area contributed by atoms with Gasteiger partial charge in [0.1, 0.15) is 5.75 Å². The van der Waals surface area contributed by atoms with Gasteiger partial charge in [0.2, 0.25) is 0 Å². The summed E-state index contributed by atoms with van der Waals surface area (Å²) in [6.45, 7) is 6.69. The number of morpholine rings is 1. The topological polar surface area (TPSA) is 123 Å². The third-order valence-corrected chi connectivity index (χ3v) is 5.92. The monoisotopic (exact) mass is 474 g/mol. The van der Waals surface area contributed by atoms with Crippen molar-refractivity contribution in [2.45, 2.75) is 19.8 Å². The molecule has 1 fully saturated rings. The molecule has 0 atom stereocenters. The van der Waals surface area contributed by atoms with Crippen LogP contribution in [0.15, 0.2) is 18.2 Å². The minimum absolute atomic E-state index is 0.00908. The Morgan fingerprint density at radius 1 is 1.24 bits per heavy atom. The summed E-state index contributed by atoms with van der Waals surface area (Å²) in [5, 5.41) is 3.25. The van der Waals surface area contributed by atoms with E-state index in [2.05, 4.69) is 20.2 Å². The van der Waals surface area contributed by atoms with E-state index in [-0.39, 0.29) is 29.2 Å². The van der Waals surface area contributed by atoms with Crippen molar-refractivity contribution in [3.63, 3.8) is 0 Å². The van der Waals surface area contributed by atoms with E-state index in [4.69, 9.17) is 26.8 Å². The van der Waals surface area contributed by atoms with E-state index in [1.165, 1.54) is 0 Å². The third kappa shape index (κ3) is 5.35. The van der Waals surface area contributed by atoms with Crippen LogP contribution >= 0.6 is 11.6 Å². The number of benzene rings is 1. The van der Waals surface area contributed by atoms with Crippen LogP contribution in [0.5, 0.6) is 5.75 Å². The maximum Gasteiger partial charge on any atom is 0.271 e. The van der Waals surface area contributed by atoms with E-state index in [0.717, 1.165) is 39.3 Å². The van der Waals surface area contributed by atoms with Gasteiger partial charge in [-0.3, -0.25) is 14.5 Å². The lowest BCUT2D eigenvalue weighted by Crippen LogP contribution is -2.42. The van der Waals surface area contributed by atoms with Gasteiger partial charge in [-0.25, -0.2) is 9.97 Å². The third-order valence-electron chi connectivity index (χ3n) is 5.61. The summed E-state index contributed by atoms with van der Waals surface area (Å²) < 4.78 is 11.0. The van der Waals surface area contributed by atoms with Gasteiger partial charge in [0.25, 0.3) is 11.8 Å². The fourth-order valence-electron chi connectivity index (χ4n) is 3.87. The van der Waals surface area contributed by atoms with Crippen LogP contribution in [0.2, 0.25) is 5.15 Å². The molecule has 2 amide bonds. The molecule has 0 unspecified atom stereocenters. The number of aromatic nitrogens is 2. The van der Waals surface area contributed by atoms with E-state index in [9.17, 15) is 9.59 Å². The van der Waals surface area contributed by atoms with E-state index < -0.39 is 5.91 Å². The smallest absolute Gasteiger partial charge is 0.271 e. The zero-order valence-corrected chi connectivity index (χ0v) is 19.2. The minimum atomic E-state index is -0.706. The maximum atomic E-state index is 12.5. The number of amides is 2. The number of nitrogens with two attached hydrogens (primary N) is 1. The van der Waals surface area contributed by atoms with Gasteiger partial charge in [0, 0.05) is 37.9 Å². The Morgan fingerprint density at radius 3 is 2.76 bits per heavy atom. The number of ether oxygens (including phenoxy) is 2. The molecule has 2 aromatic rings. The maximum absolute atomic E-state index is 12.5. The Morgan fingerprint density at radius 2 is 2.03 bits per heavy atom. The summed E-state index contributed by atoms with van der Waals surface area (Å²) in [5.41, 5.74) is 7.30. The lowest BCUT2D eigenvalue weighted by atomic mass is 10.2. The molecule has 0 bridgehead atoms. The molecule has 2 aliphatic heterocycles. The number of hydrogen-bond acceptors (Lipinski definition) is 8. The van der Waals surface area contributed by atoms with E-state index >= 15 is 0 Å². The number of fused-ring (bicyclic) bond motifs is 1. The fraction of sp³-hybridized carbons (Fsp3) is 0.455. The van der Waals surface area contributed by atoms with Crippen LogP contribution in [0.25, 0.3) is 0 Å². The standard InChI is InChI=1S/C22H27ClN6O4/c1-2-15-20(23)27-22(19(26-15)21(24)31)25-14-4-5-16-17(12-14)33-13-18(30)29(16)7-3-6-28-8-10-32-11-9-28/h4-5,12H,2-3,6-11,13H2,1H3,(H2,24,31)(H,25,27). The first-order valence-corrected chi connectivity index (χ1v) is 11.3. The number of carbonyl (C=O) groups excluding carboxylic acids is 2. The zero-order valence-electron chi connectivity index (χ0n) is 18.5. The van der Waals surface area contributed by atoms with Crippen LogP contribution in [0, 0.1) is 0 Å². The summed E-state index contributed by atoms with van der Waals surface area (Å²) >= 11 is 6.18. The molecule has 4 rings (SSSR count). The molecule has 176 valence electrons. The number of primary amides is 1. The van der Waals surface area contributed by atoms with E-state index in [0.29, 0.717) is 35.8 Å². The van der Waals surface area contributed by atoms with E-state index in [1.807, 2.05) is 13.0 Å². The van der Waals surface area contributed by atoms with Gasteiger partial charge in [0.05, 0.1) is 24.6 Å². The largest absolute Gasteiger partial charge is 0.481 e. The van der Waals surface area contributed by atoms with Crippen molar-refractivity contribution in [3.8, 4) is 5.75 Å². The number of carbonyl (C=O) groups is 2. The number of nitrogens with one attached hydrogen (secondary N) is 1. The summed E-state index contributed by atoms with van der Waals surface area (Å²) in [6, 6.07) is 5.34. The summed E-state index contributed by atoms with van der Waals surface area (Å²) in [6.07, 6.45) is 1.37. The van der Waals surface area contributed by atoms with Crippen molar-refractivity contribution in [2.24, 2.45) is 5.73 Å². The molecule has 0 radical (unpaired) electrons. The second kappa shape index (κ2) is 10.3. The van der Waals surface area contributed by atoms with Gasteiger partial charge >= 0.3 is 0 Å². The quantitative estimate of drug-likeness (QED) is 0.595. The average Bonchev–Trinajstić information content (AvgIpc) is 2.81. The molecule has 0 spiro atoms. The molecule has 3 N–H and O–H groups in total. The first kappa shape index (κ1) is 23.2. The predicted molar refractivity (Wildman–Crippen MR) is 124 cm³/mol. The van der Waals surface area contributed by atoms with Gasteiger partial charge in [-0.1, -0.05) is 18.5 Å². The summed E-state index contributed by atoms with van der Waals surface area (Å²) in [4.78, 5) is 37.0. The first-order chi connectivity index (χ1) is 16.0. The molecule has 1 aromatic heterocycles. The van der Waals surface area contributed by atoms with Crippen molar-refractivity contribution in [2.75, 3.05) is 56.2 Å². The SMILES string of the molecule is CCc1nc(C(N)=O)c(Nc2ccc3c(c2)OCC(=O)N3CCCN2CCOCC2)nc1Cl. The molecule has 10 nitrogen and oxygen atoms in total. The molecule has 1 aromatic carbocycles. The summed E-state index contributed by atoms with van der Waals surface area (Å²) in [5.74, 6) is -0.0497. The number of rotatable bonds is 8. The summed E-state index contributed by atoms with van der Waals surface area (Å²) in [7, 11) is 0. The van der Waals surface area contributed by atoms with Gasteiger partial charge in [0.15, 0.2) is 23.3 Å². The molecule has 1 saturated heterocycles. The molecule has 0 saturated carbocycles. The van der Waals surface area contributed by atoms with Crippen LogP contribution in [0.4, 0.5) is 17.2 Å². The molecule has 0 aliphatic carbocycles. The molecule has 11 heteroatoms. The number of anilines is 3. The highest BCUT2D eigenvalue weighted by atomic mass is 35.5. The fourth-order valence-corrected chi connectivity index (χ4v) is 4.14. The van der Waals surface area contributed by atoms with Crippen molar-refractivity contribution < 1.29 is 19.1 Å². The Kier molecular flexibility index (Phi) is 7.26. The lowest BCUT2D eigenvalue weighted by molar-refractivity contribution is -0.121. The average molecular weight is 475 g/mol. The van der Waals surface area contributed by atoms with Gasteiger partial charge in [-0.2, -0.15) is 0 Å². The molecular weight excluding hydrogens is 448 g/mol. The highest BCUT2D eigenvalue weighted by molar-refractivity contribution is 6.30. The van der Waals surface area contributed by atoms with Crippen LogP contribution in [0.3, 0.4) is 0 Å². The Labute approximate surface area is 197 Å². The van der Waals surface area contributed by atoms with Crippen LogP contribution in [-0.4, -0.2) is 72.7 Å². The predicted octanol–water partition coefficient (Wildman–Crippen LogP) is 1.98. The Balaban J connectivity index is 1.49. The van der Waals surface area contributed by atoms with Crippen molar-refractivity contribution in [3.05, 3.63) is 34.7 Å². The molecular formula is C22H27ClN6O4. The Bertz CT molecular complexity index is 1040. The highest BCUT2D eigenvalue weighted by Gasteiger charge is 2.26. The van der Waals surface area contributed by atoms with Crippen molar-refractivity contribution >= 4 is 40.6 Å². The van der Waals surface area contributed by atoms with Crippen LogP contribution in [0.1, 0.15) is 29.5 Å². The van der Waals surface area contributed by atoms with E-state index in [1.54, 1.807) is 17.0 Å². The van der Waals surface area contributed by atoms with Gasteiger partial charge < -0.3 is 25.4 Å². The molecule has 3 heterocycles. The molecule has 33 heavy (non-hydrogen) atoms. The number of aryl methyl sites for hydroxylation is 1. The van der Waals surface area contributed by atoms with Gasteiger partial charge in [-0.05, 0) is 25.0 Å². The van der Waals surface area contributed by atoms with Crippen molar-refractivity contribution in [1.29, 1.82) is 0 Å². The Hall–Kier alpha value is -2.95. The number of halogens is 1. The first-order valence-electron chi connectivity index (χ1n) is 11.0. The van der Waals surface area contributed by atoms with Crippen LogP contribution < -0.4 is 20.7 Å².